The summed E-state index contributed by atoms with van der Waals surface area (Å²) in [4.78, 5) is 0. The number of hydrogen-bond acceptors (Lipinski definition) is 1. The molecule has 0 saturated carbocycles. The zero-order valence-corrected chi connectivity index (χ0v) is 7.78. The maximum Gasteiger partial charge on any atom is 0.417 e. The minimum absolute atomic E-state index is 0.373. The van der Waals surface area contributed by atoms with E-state index < -0.39 is 11.7 Å². The minimum Gasteiger partial charge on any atom is -0.192 e. The van der Waals surface area contributed by atoms with Gasteiger partial charge in [0, 0.05) is 4.47 Å². The fraction of sp³-hybridized carbons (Fsp3) is 0.125. The van der Waals surface area contributed by atoms with Crippen LogP contribution in [-0.2, 0) is 6.18 Å². The molecule has 0 aromatic heterocycles. The quantitative estimate of drug-likeness (QED) is 0.692. The molecule has 0 spiro atoms. The summed E-state index contributed by atoms with van der Waals surface area (Å²) in [5.74, 6) is 0. The molecule has 1 aromatic rings. The molecule has 0 saturated heterocycles. The van der Waals surface area contributed by atoms with Gasteiger partial charge in [0.05, 0.1) is 17.2 Å². The highest BCUT2D eigenvalue weighted by atomic mass is 79.9. The molecular formula is C8H3BrF3N. The number of rotatable bonds is 0. The van der Waals surface area contributed by atoms with Crippen molar-refractivity contribution in [1.82, 2.24) is 0 Å². The zero-order valence-electron chi connectivity index (χ0n) is 6.19. The Kier molecular flexibility index (Phi) is 2.62. The predicted octanol–water partition coefficient (Wildman–Crippen LogP) is 3.34. The summed E-state index contributed by atoms with van der Waals surface area (Å²) >= 11 is 2.99. The molecule has 0 atom stereocenters. The lowest BCUT2D eigenvalue weighted by Gasteiger charge is -2.07. The maximum atomic E-state index is 12.2. The monoisotopic (exact) mass is 249 g/mol. The van der Waals surface area contributed by atoms with Crippen LogP contribution in [0.2, 0.25) is 0 Å². The zero-order chi connectivity index (χ0) is 10.1. The number of hydrogen-bond donors (Lipinski definition) is 0. The number of nitrogens with zero attached hydrogens (tertiary/aromatic N) is 1. The van der Waals surface area contributed by atoms with Crippen molar-refractivity contribution in [3.8, 4) is 6.07 Å². The average Bonchev–Trinajstić information content (AvgIpc) is 2.01. The van der Waals surface area contributed by atoms with Gasteiger partial charge in [-0.15, -0.1) is 0 Å². The minimum atomic E-state index is -4.47. The van der Waals surface area contributed by atoms with E-state index in [1.807, 2.05) is 0 Å². The van der Waals surface area contributed by atoms with Crippen LogP contribution in [-0.4, -0.2) is 0 Å². The van der Waals surface area contributed by atoms with E-state index >= 15 is 0 Å². The van der Waals surface area contributed by atoms with Crippen LogP contribution >= 0.6 is 15.9 Å². The molecule has 0 heterocycles. The van der Waals surface area contributed by atoms with Gasteiger partial charge >= 0.3 is 6.18 Å². The summed E-state index contributed by atoms with van der Waals surface area (Å²) in [5, 5.41) is 8.44. The second kappa shape index (κ2) is 3.38. The van der Waals surface area contributed by atoms with Crippen molar-refractivity contribution in [2.75, 3.05) is 0 Å². The topological polar surface area (TPSA) is 23.8 Å². The third kappa shape index (κ3) is 2.22. The maximum absolute atomic E-state index is 12.2. The highest BCUT2D eigenvalue weighted by Crippen LogP contribution is 2.32. The van der Waals surface area contributed by atoms with E-state index in [0.29, 0.717) is 4.47 Å². The van der Waals surface area contributed by atoms with Gasteiger partial charge in [-0.1, -0.05) is 15.9 Å². The van der Waals surface area contributed by atoms with Crippen LogP contribution in [0.5, 0.6) is 0 Å². The van der Waals surface area contributed by atoms with Crippen molar-refractivity contribution in [2.24, 2.45) is 0 Å². The first-order valence-corrected chi connectivity index (χ1v) is 4.01. The van der Waals surface area contributed by atoms with Gasteiger partial charge in [0.15, 0.2) is 0 Å². The van der Waals surface area contributed by atoms with Crippen molar-refractivity contribution in [3.05, 3.63) is 33.8 Å². The third-order valence-corrected chi connectivity index (χ3v) is 1.90. The molecule has 68 valence electrons. The SMILES string of the molecule is N#Cc1cc(Br)ccc1C(F)(F)F. The number of halogens is 4. The summed E-state index contributed by atoms with van der Waals surface area (Å²) in [6, 6.07) is 4.77. The Morgan fingerprint density at radius 1 is 1.31 bits per heavy atom. The van der Waals surface area contributed by atoms with E-state index in [1.165, 1.54) is 12.1 Å². The number of alkyl halides is 3. The van der Waals surface area contributed by atoms with Crippen molar-refractivity contribution >= 4 is 15.9 Å². The molecule has 0 aliphatic carbocycles. The molecule has 0 radical (unpaired) electrons. The Hall–Kier alpha value is -1.02. The third-order valence-electron chi connectivity index (χ3n) is 1.41. The normalized spacial score (nSPS) is 11.0. The first-order chi connectivity index (χ1) is 5.95. The molecule has 13 heavy (non-hydrogen) atoms. The fourth-order valence-corrected chi connectivity index (χ4v) is 1.22. The van der Waals surface area contributed by atoms with Gasteiger partial charge in [-0.05, 0) is 18.2 Å². The molecule has 0 fully saturated rings. The van der Waals surface area contributed by atoms with Crippen LogP contribution < -0.4 is 0 Å². The summed E-state index contributed by atoms with van der Waals surface area (Å²) in [6.07, 6.45) is -4.47. The summed E-state index contributed by atoms with van der Waals surface area (Å²) in [5.41, 5.74) is -1.28. The molecule has 1 nitrogen and oxygen atoms in total. The van der Waals surface area contributed by atoms with Gasteiger partial charge in [-0.25, -0.2) is 0 Å². The molecule has 0 bridgehead atoms. The average molecular weight is 250 g/mol. The van der Waals surface area contributed by atoms with E-state index in [0.717, 1.165) is 12.1 Å². The van der Waals surface area contributed by atoms with Crippen molar-refractivity contribution in [3.63, 3.8) is 0 Å². The van der Waals surface area contributed by atoms with Crippen LogP contribution in [0.15, 0.2) is 22.7 Å². The Morgan fingerprint density at radius 2 is 1.92 bits per heavy atom. The summed E-state index contributed by atoms with van der Waals surface area (Å²) < 4.78 is 37.1. The highest BCUT2D eigenvalue weighted by Gasteiger charge is 2.33. The van der Waals surface area contributed by atoms with Crippen LogP contribution in [0, 0.1) is 11.3 Å². The van der Waals surface area contributed by atoms with Crippen LogP contribution in [0.4, 0.5) is 13.2 Å². The Bertz CT molecular complexity index is 365. The van der Waals surface area contributed by atoms with E-state index in [-0.39, 0.29) is 5.56 Å². The van der Waals surface area contributed by atoms with E-state index in [1.54, 1.807) is 0 Å². The number of nitriles is 1. The van der Waals surface area contributed by atoms with Gasteiger partial charge in [0.25, 0.3) is 0 Å². The van der Waals surface area contributed by atoms with Crippen molar-refractivity contribution in [2.45, 2.75) is 6.18 Å². The van der Waals surface area contributed by atoms with Crippen LogP contribution in [0.3, 0.4) is 0 Å². The van der Waals surface area contributed by atoms with E-state index in [2.05, 4.69) is 15.9 Å². The van der Waals surface area contributed by atoms with Crippen LogP contribution in [0.25, 0.3) is 0 Å². The molecule has 1 rings (SSSR count). The second-order valence-corrected chi connectivity index (χ2v) is 3.22. The van der Waals surface area contributed by atoms with E-state index in [9.17, 15) is 13.2 Å². The predicted molar refractivity (Wildman–Crippen MR) is 43.9 cm³/mol. The largest absolute Gasteiger partial charge is 0.417 e. The lowest BCUT2D eigenvalue weighted by atomic mass is 10.1. The molecular weight excluding hydrogens is 247 g/mol. The standard InChI is InChI=1S/C8H3BrF3N/c9-6-1-2-7(8(10,11)12)5(3-6)4-13/h1-3H. The molecule has 0 aliphatic heterocycles. The van der Waals surface area contributed by atoms with Crippen molar-refractivity contribution in [1.29, 1.82) is 5.26 Å². The smallest absolute Gasteiger partial charge is 0.192 e. The molecule has 0 amide bonds. The summed E-state index contributed by atoms with van der Waals surface area (Å²) in [7, 11) is 0. The Morgan fingerprint density at radius 3 is 2.38 bits per heavy atom. The Balaban J connectivity index is 3.32. The molecule has 0 unspecified atom stereocenters. The fourth-order valence-electron chi connectivity index (χ4n) is 0.856. The van der Waals surface area contributed by atoms with Gasteiger partial charge in [-0.3, -0.25) is 0 Å². The molecule has 0 aliphatic rings. The molecule has 0 N–H and O–H groups in total. The highest BCUT2D eigenvalue weighted by molar-refractivity contribution is 9.10. The molecule has 5 heteroatoms. The second-order valence-electron chi connectivity index (χ2n) is 2.30. The first-order valence-electron chi connectivity index (χ1n) is 3.22. The van der Waals surface area contributed by atoms with Gasteiger partial charge in [-0.2, -0.15) is 18.4 Å². The van der Waals surface area contributed by atoms with Gasteiger partial charge in [0.1, 0.15) is 0 Å². The lowest BCUT2D eigenvalue weighted by molar-refractivity contribution is -0.137. The van der Waals surface area contributed by atoms with Crippen LogP contribution in [0.1, 0.15) is 11.1 Å². The van der Waals surface area contributed by atoms with E-state index in [4.69, 9.17) is 5.26 Å². The first kappa shape index (κ1) is 10.1. The van der Waals surface area contributed by atoms with Gasteiger partial charge < -0.3 is 0 Å². The lowest BCUT2D eigenvalue weighted by Crippen LogP contribution is -2.07. The van der Waals surface area contributed by atoms with Gasteiger partial charge in [0.2, 0.25) is 0 Å². The Labute approximate surface area is 80.9 Å². The number of benzene rings is 1. The molecule has 1 aromatic carbocycles. The summed E-state index contributed by atoms with van der Waals surface area (Å²) in [6.45, 7) is 0. The van der Waals surface area contributed by atoms with Crippen molar-refractivity contribution < 1.29 is 13.2 Å².